The number of benzene rings is 1. The van der Waals surface area contributed by atoms with Crippen LogP contribution in [-0.4, -0.2) is 27.2 Å². The van der Waals surface area contributed by atoms with Gasteiger partial charge >= 0.3 is 0 Å². The van der Waals surface area contributed by atoms with Crippen molar-refractivity contribution in [3.8, 4) is 0 Å². The number of nitrogens with zero attached hydrogens (tertiary/aromatic N) is 1. The Balaban J connectivity index is 2.27. The molecular formula is C11H13FN2O2S. The van der Waals surface area contributed by atoms with Crippen molar-refractivity contribution in [1.82, 2.24) is 5.32 Å². The number of nitrogens with one attached hydrogen (secondary N) is 1. The molecule has 2 rings (SSSR count). The van der Waals surface area contributed by atoms with E-state index in [4.69, 9.17) is 0 Å². The van der Waals surface area contributed by atoms with Crippen LogP contribution in [0.25, 0.3) is 0 Å². The van der Waals surface area contributed by atoms with E-state index in [-0.39, 0.29) is 4.90 Å². The monoisotopic (exact) mass is 256 g/mol. The van der Waals surface area contributed by atoms with E-state index in [2.05, 4.69) is 9.71 Å². The highest BCUT2D eigenvalue weighted by atomic mass is 32.2. The number of halogens is 1. The van der Waals surface area contributed by atoms with E-state index in [9.17, 15) is 12.8 Å². The molecule has 1 aromatic carbocycles. The van der Waals surface area contributed by atoms with E-state index in [1.165, 1.54) is 12.1 Å². The Hall–Kier alpha value is -1.27. The van der Waals surface area contributed by atoms with Gasteiger partial charge in [-0.15, -0.1) is 0 Å². The van der Waals surface area contributed by atoms with Crippen LogP contribution in [0.5, 0.6) is 0 Å². The molecule has 17 heavy (non-hydrogen) atoms. The molecule has 0 saturated carbocycles. The summed E-state index contributed by atoms with van der Waals surface area (Å²) in [5.74, 6) is -0.460. The van der Waals surface area contributed by atoms with Crippen molar-refractivity contribution in [2.75, 3.05) is 13.1 Å². The maximum Gasteiger partial charge on any atom is 0.282 e. The first-order valence-electron chi connectivity index (χ1n) is 5.37. The highest BCUT2D eigenvalue weighted by molar-refractivity contribution is 7.90. The first-order valence-corrected chi connectivity index (χ1v) is 6.81. The van der Waals surface area contributed by atoms with Crippen LogP contribution < -0.4 is 5.32 Å². The van der Waals surface area contributed by atoms with E-state index in [0.717, 1.165) is 25.2 Å². The van der Waals surface area contributed by atoms with E-state index in [1.54, 1.807) is 0 Å². The lowest BCUT2D eigenvalue weighted by Crippen LogP contribution is -2.28. The lowest BCUT2D eigenvalue weighted by molar-refractivity contribution is 0.595. The van der Waals surface area contributed by atoms with E-state index in [0.29, 0.717) is 18.6 Å². The molecule has 0 radical (unpaired) electrons. The van der Waals surface area contributed by atoms with Crippen LogP contribution in [0.1, 0.15) is 12.8 Å². The van der Waals surface area contributed by atoms with E-state index >= 15 is 0 Å². The zero-order valence-corrected chi connectivity index (χ0v) is 10.0. The molecule has 0 bridgehead atoms. The molecular weight excluding hydrogens is 243 g/mol. The van der Waals surface area contributed by atoms with Gasteiger partial charge < -0.3 is 5.32 Å². The molecule has 0 aromatic heterocycles. The molecule has 1 aromatic rings. The molecule has 1 fully saturated rings. The summed E-state index contributed by atoms with van der Waals surface area (Å²) >= 11 is 0. The second kappa shape index (κ2) is 4.93. The molecule has 6 heteroatoms. The number of piperidine rings is 1. The summed E-state index contributed by atoms with van der Waals surface area (Å²) in [5.41, 5.74) is 0.674. The van der Waals surface area contributed by atoms with Gasteiger partial charge in [0.1, 0.15) is 5.82 Å². The molecule has 0 unspecified atom stereocenters. The summed E-state index contributed by atoms with van der Waals surface area (Å²) in [6.07, 6.45) is 1.28. The van der Waals surface area contributed by atoms with Crippen molar-refractivity contribution in [3.05, 3.63) is 30.1 Å². The molecule has 1 N–H and O–H groups in total. The fraction of sp³-hybridized carbons (Fsp3) is 0.364. The first-order chi connectivity index (χ1) is 8.08. The maximum absolute atomic E-state index is 12.7. The molecule has 92 valence electrons. The van der Waals surface area contributed by atoms with Gasteiger partial charge in [0.2, 0.25) is 0 Å². The van der Waals surface area contributed by atoms with E-state index < -0.39 is 15.8 Å². The molecule has 1 saturated heterocycles. The third-order valence-electron chi connectivity index (χ3n) is 2.54. The highest BCUT2D eigenvalue weighted by Crippen LogP contribution is 2.14. The van der Waals surface area contributed by atoms with Crippen LogP contribution >= 0.6 is 0 Å². The standard InChI is InChI=1S/C11H13FN2O2S/c12-9-1-3-11(4-2-9)17(15,16)14-10-5-7-13-8-6-10/h1-4,13H,5-8H2. The third kappa shape index (κ3) is 3.10. The average Bonchev–Trinajstić information content (AvgIpc) is 2.30. The summed E-state index contributed by atoms with van der Waals surface area (Å²) in [6.45, 7) is 1.50. The van der Waals surface area contributed by atoms with Crippen molar-refractivity contribution < 1.29 is 12.8 Å². The van der Waals surface area contributed by atoms with Crippen molar-refractivity contribution in [3.63, 3.8) is 0 Å². The minimum Gasteiger partial charge on any atom is -0.316 e. The summed E-state index contributed by atoms with van der Waals surface area (Å²) in [6, 6.07) is 4.70. The average molecular weight is 256 g/mol. The SMILES string of the molecule is O=S(=O)(N=C1CCNCC1)c1ccc(F)cc1. The number of rotatable bonds is 2. The van der Waals surface area contributed by atoms with Crippen molar-refractivity contribution in [1.29, 1.82) is 0 Å². The zero-order valence-electron chi connectivity index (χ0n) is 9.19. The van der Waals surface area contributed by atoms with Gasteiger partial charge in [-0.05, 0) is 37.1 Å². The van der Waals surface area contributed by atoms with Crippen LogP contribution in [0.3, 0.4) is 0 Å². The molecule has 4 nitrogen and oxygen atoms in total. The van der Waals surface area contributed by atoms with Crippen molar-refractivity contribution >= 4 is 15.7 Å². The largest absolute Gasteiger partial charge is 0.316 e. The Morgan fingerprint density at radius 2 is 1.71 bits per heavy atom. The Labute approximate surface area is 99.6 Å². The molecule has 0 spiro atoms. The molecule has 0 atom stereocenters. The Morgan fingerprint density at radius 3 is 2.29 bits per heavy atom. The van der Waals surface area contributed by atoms with Crippen molar-refractivity contribution in [2.24, 2.45) is 4.40 Å². The third-order valence-corrected chi connectivity index (χ3v) is 3.91. The lowest BCUT2D eigenvalue weighted by atomic mass is 10.1. The van der Waals surface area contributed by atoms with Crippen LogP contribution in [-0.2, 0) is 10.0 Å². The minimum absolute atomic E-state index is 0.0323. The summed E-state index contributed by atoms with van der Waals surface area (Å²) < 4.78 is 40.3. The maximum atomic E-state index is 12.7. The van der Waals surface area contributed by atoms with Crippen LogP contribution in [0.4, 0.5) is 4.39 Å². The molecule has 1 heterocycles. The van der Waals surface area contributed by atoms with E-state index in [1.807, 2.05) is 0 Å². The van der Waals surface area contributed by atoms with Gasteiger partial charge in [-0.2, -0.15) is 12.8 Å². The summed E-state index contributed by atoms with van der Waals surface area (Å²) in [7, 11) is -3.68. The second-order valence-electron chi connectivity index (χ2n) is 3.84. The summed E-state index contributed by atoms with van der Waals surface area (Å²) in [5, 5.41) is 3.12. The van der Waals surface area contributed by atoms with Crippen LogP contribution in [0.2, 0.25) is 0 Å². The first kappa shape index (κ1) is 12.2. The van der Waals surface area contributed by atoms with Gasteiger partial charge in [0.15, 0.2) is 0 Å². The smallest absolute Gasteiger partial charge is 0.282 e. The summed E-state index contributed by atoms with van der Waals surface area (Å²) in [4.78, 5) is 0.0323. The fourth-order valence-corrected chi connectivity index (χ4v) is 2.74. The number of hydrogen-bond acceptors (Lipinski definition) is 3. The molecule has 1 aliphatic rings. The normalized spacial score (nSPS) is 16.9. The quantitative estimate of drug-likeness (QED) is 0.868. The van der Waals surface area contributed by atoms with Gasteiger partial charge in [0.05, 0.1) is 4.90 Å². The Morgan fingerprint density at radius 1 is 1.12 bits per heavy atom. The molecule has 0 amide bonds. The lowest BCUT2D eigenvalue weighted by Gasteiger charge is -2.13. The van der Waals surface area contributed by atoms with Gasteiger partial charge in [-0.1, -0.05) is 0 Å². The van der Waals surface area contributed by atoms with Gasteiger partial charge in [0.25, 0.3) is 10.0 Å². The predicted molar refractivity (Wildman–Crippen MR) is 63.1 cm³/mol. The number of sulfonamides is 1. The fourth-order valence-electron chi connectivity index (χ4n) is 1.64. The van der Waals surface area contributed by atoms with Gasteiger partial charge in [-0.3, -0.25) is 0 Å². The topological polar surface area (TPSA) is 58.5 Å². The van der Waals surface area contributed by atoms with Gasteiger partial charge in [0, 0.05) is 18.8 Å². The second-order valence-corrected chi connectivity index (χ2v) is 5.44. The van der Waals surface area contributed by atoms with Crippen molar-refractivity contribution in [2.45, 2.75) is 17.7 Å². The minimum atomic E-state index is -3.68. The molecule has 0 aliphatic carbocycles. The zero-order chi connectivity index (χ0) is 12.3. The van der Waals surface area contributed by atoms with Gasteiger partial charge in [-0.25, -0.2) is 4.39 Å². The van der Waals surface area contributed by atoms with Crippen LogP contribution in [0, 0.1) is 5.82 Å². The Kier molecular flexibility index (Phi) is 3.54. The number of hydrogen-bond donors (Lipinski definition) is 1. The Bertz CT molecular complexity index is 515. The highest BCUT2D eigenvalue weighted by Gasteiger charge is 2.15. The molecule has 1 aliphatic heterocycles. The predicted octanol–water partition coefficient (Wildman–Crippen LogP) is 1.34. The van der Waals surface area contributed by atoms with Crippen LogP contribution in [0.15, 0.2) is 33.6 Å².